The number of hydrogen-bond donors (Lipinski definition) is 3. The van der Waals surface area contributed by atoms with Crippen LogP contribution in [0.5, 0.6) is 0 Å². The van der Waals surface area contributed by atoms with Crippen molar-refractivity contribution in [1.82, 2.24) is 9.36 Å². The zero-order valence-corrected chi connectivity index (χ0v) is 8.68. The Morgan fingerprint density at radius 2 is 2.21 bits per heavy atom. The van der Waals surface area contributed by atoms with Gasteiger partial charge in [0, 0.05) is 18.1 Å². The maximum atomic E-state index is 10.0. The number of nitrogen functional groups attached to an aromatic ring is 1. The van der Waals surface area contributed by atoms with Gasteiger partial charge in [0.25, 0.3) is 0 Å². The molecule has 0 aliphatic heterocycles. The van der Waals surface area contributed by atoms with Gasteiger partial charge in [0.05, 0.1) is 5.60 Å². The zero-order valence-electron chi connectivity index (χ0n) is 7.86. The lowest BCUT2D eigenvalue weighted by Crippen LogP contribution is -2.33. The predicted molar refractivity (Wildman–Crippen MR) is 56.2 cm³/mol. The number of aliphatic hydroxyl groups is 1. The Labute approximate surface area is 86.5 Å². The molecule has 0 unspecified atom stereocenters. The lowest BCUT2D eigenvalue weighted by atomic mass is 10.0. The molecule has 78 valence electrons. The van der Waals surface area contributed by atoms with Crippen LogP contribution in [0.3, 0.4) is 0 Å². The molecule has 1 aliphatic carbocycles. The van der Waals surface area contributed by atoms with E-state index in [1.807, 2.05) is 0 Å². The van der Waals surface area contributed by atoms with Crippen LogP contribution in [0.25, 0.3) is 0 Å². The van der Waals surface area contributed by atoms with Crippen molar-refractivity contribution in [1.29, 1.82) is 0 Å². The third kappa shape index (κ3) is 2.13. The van der Waals surface area contributed by atoms with Crippen molar-refractivity contribution in [3.8, 4) is 0 Å². The largest absolute Gasteiger partial charge is 0.388 e. The quantitative estimate of drug-likeness (QED) is 0.694. The summed E-state index contributed by atoms with van der Waals surface area (Å²) in [7, 11) is 0. The first-order valence-electron chi connectivity index (χ1n) is 4.73. The second-order valence-electron chi connectivity index (χ2n) is 3.74. The van der Waals surface area contributed by atoms with Crippen LogP contribution in [0.15, 0.2) is 0 Å². The Bertz CT molecular complexity index is 308. The topological polar surface area (TPSA) is 84.1 Å². The summed E-state index contributed by atoms with van der Waals surface area (Å²) in [5.74, 6) is 0.288. The maximum absolute atomic E-state index is 10.0. The Morgan fingerprint density at radius 1 is 1.50 bits per heavy atom. The second-order valence-corrected chi connectivity index (χ2v) is 4.49. The normalized spacial score (nSPS) is 19.8. The van der Waals surface area contributed by atoms with Crippen LogP contribution in [0, 0.1) is 0 Å². The Balaban J connectivity index is 1.87. The van der Waals surface area contributed by atoms with Gasteiger partial charge in [0.2, 0.25) is 11.1 Å². The molecule has 14 heavy (non-hydrogen) atoms. The molecule has 1 aromatic rings. The lowest BCUT2D eigenvalue weighted by Gasteiger charge is -2.21. The van der Waals surface area contributed by atoms with Crippen molar-refractivity contribution >= 4 is 22.6 Å². The van der Waals surface area contributed by atoms with E-state index < -0.39 is 5.60 Å². The summed E-state index contributed by atoms with van der Waals surface area (Å²) in [4.78, 5) is 3.97. The molecule has 0 saturated heterocycles. The van der Waals surface area contributed by atoms with Crippen molar-refractivity contribution < 1.29 is 5.11 Å². The van der Waals surface area contributed by atoms with Gasteiger partial charge in [-0.05, 0) is 12.8 Å². The fourth-order valence-electron chi connectivity index (χ4n) is 1.76. The number of anilines is 2. The Hall–Kier alpha value is -0.880. The van der Waals surface area contributed by atoms with Gasteiger partial charge in [-0.2, -0.15) is 9.36 Å². The maximum Gasteiger partial charge on any atom is 0.233 e. The minimum Gasteiger partial charge on any atom is -0.388 e. The summed E-state index contributed by atoms with van der Waals surface area (Å²) in [6.07, 6.45) is 3.95. The molecule has 1 saturated carbocycles. The highest BCUT2D eigenvalue weighted by Crippen LogP contribution is 2.29. The Morgan fingerprint density at radius 3 is 2.79 bits per heavy atom. The molecule has 5 nitrogen and oxygen atoms in total. The van der Waals surface area contributed by atoms with E-state index in [0.29, 0.717) is 11.7 Å². The molecule has 0 bridgehead atoms. The molecule has 4 N–H and O–H groups in total. The fourth-order valence-corrected chi connectivity index (χ4v) is 2.25. The molecular formula is C8H14N4OS. The average molecular weight is 214 g/mol. The van der Waals surface area contributed by atoms with Crippen LogP contribution in [0.1, 0.15) is 25.7 Å². The minimum absolute atomic E-state index is 0.288. The third-order valence-electron chi connectivity index (χ3n) is 2.54. The molecule has 0 amide bonds. The van der Waals surface area contributed by atoms with Crippen molar-refractivity contribution in [3.63, 3.8) is 0 Å². The van der Waals surface area contributed by atoms with Crippen LogP contribution in [0.2, 0.25) is 0 Å². The molecule has 0 spiro atoms. The molecule has 0 aromatic carbocycles. The van der Waals surface area contributed by atoms with Gasteiger partial charge in [0.1, 0.15) is 0 Å². The molecule has 2 rings (SSSR count). The van der Waals surface area contributed by atoms with E-state index in [-0.39, 0.29) is 5.95 Å². The molecular weight excluding hydrogens is 200 g/mol. The van der Waals surface area contributed by atoms with Crippen LogP contribution in [-0.4, -0.2) is 26.6 Å². The summed E-state index contributed by atoms with van der Waals surface area (Å²) in [5, 5.41) is 13.8. The van der Waals surface area contributed by atoms with Crippen molar-refractivity contribution in [2.24, 2.45) is 0 Å². The number of hydrogen-bond acceptors (Lipinski definition) is 6. The van der Waals surface area contributed by atoms with Gasteiger partial charge in [0.15, 0.2) is 0 Å². The summed E-state index contributed by atoms with van der Waals surface area (Å²) >= 11 is 1.22. The molecule has 0 radical (unpaired) electrons. The van der Waals surface area contributed by atoms with E-state index >= 15 is 0 Å². The molecule has 1 aromatic heterocycles. The Kier molecular flexibility index (Phi) is 2.56. The van der Waals surface area contributed by atoms with E-state index in [1.54, 1.807) is 0 Å². The van der Waals surface area contributed by atoms with Gasteiger partial charge in [-0.1, -0.05) is 12.8 Å². The van der Waals surface area contributed by atoms with Crippen LogP contribution < -0.4 is 11.1 Å². The van der Waals surface area contributed by atoms with Crippen molar-refractivity contribution in [3.05, 3.63) is 0 Å². The number of nitrogens with zero attached hydrogens (tertiary/aromatic N) is 2. The van der Waals surface area contributed by atoms with E-state index in [4.69, 9.17) is 5.73 Å². The SMILES string of the molecule is Nc1nsc(NCC2(O)CCCC2)n1. The van der Waals surface area contributed by atoms with Gasteiger partial charge >= 0.3 is 0 Å². The summed E-state index contributed by atoms with van der Waals surface area (Å²) in [6.45, 7) is 0.543. The predicted octanol–water partition coefficient (Wildman–Crippen LogP) is 0.837. The standard InChI is InChI=1S/C8H14N4OS/c9-6-11-7(14-12-6)10-5-8(13)3-1-2-4-8/h13H,1-5H2,(H3,9,10,11,12). The highest BCUT2D eigenvalue weighted by Gasteiger charge is 2.30. The second kappa shape index (κ2) is 3.70. The van der Waals surface area contributed by atoms with E-state index in [9.17, 15) is 5.11 Å². The molecule has 0 atom stereocenters. The van der Waals surface area contributed by atoms with Crippen molar-refractivity contribution in [2.45, 2.75) is 31.3 Å². The summed E-state index contributed by atoms with van der Waals surface area (Å²) < 4.78 is 3.85. The minimum atomic E-state index is -0.555. The average Bonchev–Trinajstić information content (AvgIpc) is 2.73. The first-order valence-corrected chi connectivity index (χ1v) is 5.51. The number of rotatable bonds is 3. The molecule has 6 heteroatoms. The third-order valence-corrected chi connectivity index (χ3v) is 3.23. The molecule has 1 heterocycles. The highest BCUT2D eigenvalue weighted by atomic mass is 32.1. The molecule has 1 fully saturated rings. The van der Waals surface area contributed by atoms with Gasteiger partial charge < -0.3 is 16.2 Å². The fraction of sp³-hybridized carbons (Fsp3) is 0.750. The van der Waals surface area contributed by atoms with Crippen molar-refractivity contribution in [2.75, 3.05) is 17.6 Å². The van der Waals surface area contributed by atoms with E-state index in [2.05, 4.69) is 14.7 Å². The van der Waals surface area contributed by atoms with Crippen LogP contribution in [-0.2, 0) is 0 Å². The monoisotopic (exact) mass is 214 g/mol. The number of nitrogens with one attached hydrogen (secondary N) is 1. The smallest absolute Gasteiger partial charge is 0.233 e. The zero-order chi connectivity index (χ0) is 10.0. The van der Waals surface area contributed by atoms with Crippen LogP contribution >= 0.6 is 11.5 Å². The number of nitrogens with two attached hydrogens (primary N) is 1. The van der Waals surface area contributed by atoms with Gasteiger partial charge in [-0.25, -0.2) is 0 Å². The first-order chi connectivity index (χ1) is 6.68. The van der Waals surface area contributed by atoms with Crippen LogP contribution in [0.4, 0.5) is 11.1 Å². The lowest BCUT2D eigenvalue weighted by molar-refractivity contribution is 0.0615. The highest BCUT2D eigenvalue weighted by molar-refractivity contribution is 7.09. The first kappa shape index (κ1) is 9.67. The molecule has 1 aliphatic rings. The van der Waals surface area contributed by atoms with E-state index in [0.717, 1.165) is 25.7 Å². The van der Waals surface area contributed by atoms with Gasteiger partial charge in [-0.3, -0.25) is 0 Å². The number of aromatic nitrogens is 2. The van der Waals surface area contributed by atoms with Gasteiger partial charge in [-0.15, -0.1) is 0 Å². The van der Waals surface area contributed by atoms with E-state index in [1.165, 1.54) is 11.5 Å². The summed E-state index contributed by atoms with van der Waals surface area (Å²) in [6, 6.07) is 0. The summed E-state index contributed by atoms with van der Waals surface area (Å²) in [5.41, 5.74) is 4.83.